The molecule has 230 valence electrons. The Bertz CT molecular complexity index is 1710. The van der Waals surface area contributed by atoms with E-state index in [1.165, 1.54) is 17.0 Å². The number of carbonyl (C=O) groups excluding carboxylic acids is 2. The van der Waals surface area contributed by atoms with Crippen molar-refractivity contribution in [1.82, 2.24) is 19.5 Å². The lowest BCUT2D eigenvalue weighted by atomic mass is 10.0. The van der Waals surface area contributed by atoms with Crippen LogP contribution < -0.4 is 15.6 Å². The molecule has 4 aromatic rings. The van der Waals surface area contributed by atoms with Gasteiger partial charge < -0.3 is 24.1 Å². The smallest absolute Gasteiger partial charge is 0.484 e. The van der Waals surface area contributed by atoms with Gasteiger partial charge in [-0.3, -0.25) is 34.6 Å². The van der Waals surface area contributed by atoms with E-state index in [0.29, 0.717) is 11.3 Å². The lowest BCUT2D eigenvalue weighted by Gasteiger charge is -2.17. The van der Waals surface area contributed by atoms with Gasteiger partial charge in [-0.15, -0.1) is 0 Å². The number of carbonyl (C=O) groups is 2. The molecule has 1 aliphatic heterocycles. The van der Waals surface area contributed by atoms with E-state index in [1.807, 2.05) is 6.07 Å². The molecule has 1 saturated heterocycles. The number of para-hydroxylation sites is 2. The largest absolute Gasteiger partial charge is 0.508 e. The van der Waals surface area contributed by atoms with Crippen LogP contribution in [-0.2, 0) is 19.0 Å². The third-order valence-corrected chi connectivity index (χ3v) is 6.80. The lowest BCUT2D eigenvalue weighted by Crippen LogP contribution is -2.28. The Labute approximate surface area is 248 Å². The molecule has 0 spiro atoms. The number of amides is 1. The highest BCUT2D eigenvalue weighted by Crippen LogP contribution is 2.31. The van der Waals surface area contributed by atoms with Gasteiger partial charge in [0, 0.05) is 24.0 Å². The minimum absolute atomic E-state index is 0.0160. The van der Waals surface area contributed by atoms with Crippen molar-refractivity contribution in [3.8, 4) is 5.75 Å². The number of nitro benzene ring substituents is 1. The topological polar surface area (TPSA) is 210 Å². The molecular weight excluding hydrogens is 580 g/mol. The number of benzene rings is 2. The molecule has 44 heavy (non-hydrogen) atoms. The van der Waals surface area contributed by atoms with Gasteiger partial charge in [0.2, 0.25) is 5.95 Å². The van der Waals surface area contributed by atoms with Gasteiger partial charge in [0.15, 0.2) is 17.8 Å². The van der Waals surface area contributed by atoms with Crippen LogP contribution in [-0.4, -0.2) is 73.6 Å². The zero-order valence-corrected chi connectivity index (χ0v) is 23.3. The van der Waals surface area contributed by atoms with Gasteiger partial charge in [-0.1, -0.05) is 43.3 Å². The van der Waals surface area contributed by atoms with Crippen molar-refractivity contribution >= 4 is 34.9 Å². The van der Waals surface area contributed by atoms with E-state index in [1.54, 1.807) is 49.4 Å². The number of nitrogens with one attached hydrogen (secondary N) is 2. The van der Waals surface area contributed by atoms with E-state index >= 15 is 0 Å². The highest BCUT2D eigenvalue weighted by molar-refractivity contribution is 5.90. The van der Waals surface area contributed by atoms with Crippen molar-refractivity contribution in [2.24, 2.45) is 0 Å². The highest BCUT2D eigenvalue weighted by atomic mass is 16.7. The number of hydrogen-bond acceptors (Lipinski definition) is 12. The van der Waals surface area contributed by atoms with Crippen LogP contribution in [0.1, 0.15) is 31.1 Å². The van der Waals surface area contributed by atoms with E-state index in [0.717, 1.165) is 0 Å². The fourth-order valence-corrected chi connectivity index (χ4v) is 4.61. The van der Waals surface area contributed by atoms with Gasteiger partial charge in [-0.2, -0.15) is 4.98 Å². The summed E-state index contributed by atoms with van der Waals surface area (Å²) in [5.41, 5.74) is -0.205. The minimum atomic E-state index is -1.05. The molecule has 0 aliphatic carbocycles. The Hall–Kier alpha value is -5.35. The second-order valence-corrected chi connectivity index (χ2v) is 9.91. The van der Waals surface area contributed by atoms with Gasteiger partial charge >= 0.3 is 6.16 Å². The van der Waals surface area contributed by atoms with E-state index in [4.69, 9.17) is 18.9 Å². The number of hydrogen-bond donors (Lipinski definition) is 3. The van der Waals surface area contributed by atoms with Gasteiger partial charge in [-0.05, 0) is 12.1 Å². The van der Waals surface area contributed by atoms with E-state index in [-0.39, 0.29) is 49.0 Å². The number of nitro groups is 1. The molecule has 16 nitrogen and oxygen atoms in total. The van der Waals surface area contributed by atoms with Crippen LogP contribution in [0.5, 0.6) is 5.75 Å². The zero-order valence-electron chi connectivity index (χ0n) is 23.3. The number of aliphatic hydroxyl groups is 1. The van der Waals surface area contributed by atoms with Crippen LogP contribution in [0.4, 0.5) is 16.4 Å². The molecule has 4 atom stereocenters. The van der Waals surface area contributed by atoms with Crippen molar-refractivity contribution < 1.29 is 38.6 Å². The third kappa shape index (κ3) is 6.99. The first kappa shape index (κ1) is 30.1. The first-order valence-corrected chi connectivity index (χ1v) is 13.5. The number of aliphatic hydroxyl groups excluding tert-OH is 1. The number of aromatic amines is 1. The molecule has 1 amide bonds. The Morgan fingerprint density at radius 3 is 2.73 bits per heavy atom. The fourth-order valence-electron chi connectivity index (χ4n) is 4.61. The van der Waals surface area contributed by atoms with E-state index in [2.05, 4.69) is 20.3 Å². The normalized spacial score (nSPS) is 18.5. The molecule has 3 heterocycles. The van der Waals surface area contributed by atoms with Crippen LogP contribution in [0.25, 0.3) is 11.2 Å². The van der Waals surface area contributed by atoms with Crippen molar-refractivity contribution in [2.75, 3.05) is 25.1 Å². The summed E-state index contributed by atoms with van der Waals surface area (Å²) in [7, 11) is 0. The maximum atomic E-state index is 12.6. The van der Waals surface area contributed by atoms with Crippen molar-refractivity contribution in [2.45, 2.75) is 37.7 Å². The van der Waals surface area contributed by atoms with Crippen LogP contribution in [0.3, 0.4) is 0 Å². The number of H-pyrrole nitrogens is 1. The number of rotatable bonds is 11. The summed E-state index contributed by atoms with van der Waals surface area (Å²) in [6.07, 6.45) is -2.47. The molecule has 1 fully saturated rings. The molecular formula is C28H28N6O10. The summed E-state index contributed by atoms with van der Waals surface area (Å²) >= 11 is 0. The van der Waals surface area contributed by atoms with Crippen molar-refractivity contribution in [1.29, 1.82) is 0 Å². The monoisotopic (exact) mass is 608 g/mol. The SMILES string of the molecule is CC(COC(=O)OC[C@H]1O[C@@H](n2cnc3c(=O)[nH]c(NC(=O)COc4ccccc4)nc32)C[C@@H]1O)c1ccccc1[N+](=O)[O-]. The van der Waals surface area contributed by atoms with Gasteiger partial charge in [-0.25, -0.2) is 9.78 Å². The molecule has 0 radical (unpaired) electrons. The first-order chi connectivity index (χ1) is 21.2. The Morgan fingerprint density at radius 2 is 1.95 bits per heavy atom. The quantitative estimate of drug-likeness (QED) is 0.127. The zero-order chi connectivity index (χ0) is 31.2. The summed E-state index contributed by atoms with van der Waals surface area (Å²) in [4.78, 5) is 58.7. The standard InChI is InChI=1S/C28H28N6O10/c1-16(18-9-5-6-10-19(18)34(39)40)12-42-28(38)43-13-21-20(35)11-23(44-21)33-15-29-24-25(33)31-27(32-26(24)37)30-22(36)14-41-17-7-3-2-4-8-17/h2-10,15-16,20-21,23,35H,11-14H2,1H3,(H2,30,31,32,36,37)/t16?,20-,21+,23+/m0/s1. The molecule has 1 aliphatic rings. The highest BCUT2D eigenvalue weighted by Gasteiger charge is 2.37. The fraction of sp³-hybridized carbons (Fsp3) is 0.321. The maximum Gasteiger partial charge on any atom is 0.508 e. The summed E-state index contributed by atoms with van der Waals surface area (Å²) in [5, 5.41) is 24.3. The second-order valence-electron chi connectivity index (χ2n) is 9.91. The predicted molar refractivity (Wildman–Crippen MR) is 152 cm³/mol. The van der Waals surface area contributed by atoms with Crippen LogP contribution in [0.2, 0.25) is 0 Å². The van der Waals surface area contributed by atoms with E-state index < -0.39 is 46.9 Å². The molecule has 3 N–H and O–H groups in total. The van der Waals surface area contributed by atoms with Gasteiger partial charge in [0.25, 0.3) is 17.2 Å². The molecule has 16 heteroatoms. The average Bonchev–Trinajstić information content (AvgIpc) is 3.61. The summed E-state index contributed by atoms with van der Waals surface area (Å²) in [6.45, 7) is 0.838. The van der Waals surface area contributed by atoms with Crippen LogP contribution in [0.15, 0.2) is 65.7 Å². The Kier molecular flexibility index (Phi) is 9.11. The second kappa shape index (κ2) is 13.3. The molecule has 2 aromatic carbocycles. The lowest BCUT2D eigenvalue weighted by molar-refractivity contribution is -0.385. The predicted octanol–water partition coefficient (Wildman–Crippen LogP) is 2.65. The Morgan fingerprint density at radius 1 is 1.20 bits per heavy atom. The minimum Gasteiger partial charge on any atom is -0.484 e. The summed E-state index contributed by atoms with van der Waals surface area (Å²) < 4.78 is 22.9. The number of imidazole rings is 1. The van der Waals surface area contributed by atoms with Gasteiger partial charge in [0.05, 0.1) is 17.4 Å². The molecule has 1 unspecified atom stereocenters. The number of nitrogens with zero attached hydrogens (tertiary/aromatic N) is 4. The van der Waals surface area contributed by atoms with Crippen LogP contribution >= 0.6 is 0 Å². The van der Waals surface area contributed by atoms with E-state index in [9.17, 15) is 29.6 Å². The molecule has 2 aromatic heterocycles. The van der Waals surface area contributed by atoms with Crippen molar-refractivity contribution in [3.05, 3.63) is 87.0 Å². The van der Waals surface area contributed by atoms with Crippen molar-refractivity contribution in [3.63, 3.8) is 0 Å². The third-order valence-electron chi connectivity index (χ3n) is 6.80. The van der Waals surface area contributed by atoms with Gasteiger partial charge in [0.1, 0.15) is 31.3 Å². The number of aromatic nitrogens is 4. The molecule has 5 rings (SSSR count). The maximum absolute atomic E-state index is 12.6. The Balaban J connectivity index is 1.16. The first-order valence-electron chi connectivity index (χ1n) is 13.5. The molecule has 0 bridgehead atoms. The number of fused-ring (bicyclic) bond motifs is 1. The number of ether oxygens (including phenoxy) is 4. The van der Waals surface area contributed by atoms with Crippen LogP contribution in [0, 0.1) is 10.1 Å². The summed E-state index contributed by atoms with van der Waals surface area (Å²) in [5.74, 6) is -0.676. The summed E-state index contributed by atoms with van der Waals surface area (Å²) in [6, 6.07) is 14.9. The number of anilines is 1. The molecule has 0 saturated carbocycles. The average molecular weight is 609 g/mol.